The monoisotopic (exact) mass is 266 g/mol. The summed E-state index contributed by atoms with van der Waals surface area (Å²) in [6.45, 7) is 3.91. The fourth-order valence-electron chi connectivity index (χ4n) is 2.01. The second kappa shape index (κ2) is 4.73. The van der Waals surface area contributed by atoms with Gasteiger partial charge in [0.1, 0.15) is 18.0 Å². The first-order valence-corrected chi connectivity index (χ1v) is 6.22. The Morgan fingerprint density at radius 2 is 2.05 bits per heavy atom. The van der Waals surface area contributed by atoms with Gasteiger partial charge in [-0.3, -0.25) is 0 Å². The van der Waals surface area contributed by atoms with Crippen molar-refractivity contribution in [2.45, 2.75) is 13.8 Å². The van der Waals surface area contributed by atoms with Crippen LogP contribution >= 0.6 is 0 Å². The number of anilines is 1. The first kappa shape index (κ1) is 12.3. The number of hydrogen-bond acceptors (Lipinski definition) is 5. The molecule has 20 heavy (non-hydrogen) atoms. The third-order valence-corrected chi connectivity index (χ3v) is 3.10. The summed E-state index contributed by atoms with van der Waals surface area (Å²) in [6, 6.07) is 7.93. The summed E-state index contributed by atoms with van der Waals surface area (Å²) >= 11 is 0. The van der Waals surface area contributed by atoms with Gasteiger partial charge in [-0.2, -0.15) is 5.10 Å². The van der Waals surface area contributed by atoms with E-state index in [4.69, 9.17) is 5.73 Å². The van der Waals surface area contributed by atoms with Crippen molar-refractivity contribution in [2.75, 3.05) is 5.73 Å². The van der Waals surface area contributed by atoms with Gasteiger partial charge in [0.15, 0.2) is 5.65 Å². The van der Waals surface area contributed by atoms with Gasteiger partial charge >= 0.3 is 0 Å². The van der Waals surface area contributed by atoms with Gasteiger partial charge in [0, 0.05) is 0 Å². The molecule has 100 valence electrons. The molecule has 0 radical (unpaired) electrons. The molecule has 0 saturated heterocycles. The van der Waals surface area contributed by atoms with Crippen molar-refractivity contribution in [1.29, 1.82) is 0 Å². The molecule has 0 bridgehead atoms. The summed E-state index contributed by atoms with van der Waals surface area (Å²) in [7, 11) is 0. The van der Waals surface area contributed by atoms with Gasteiger partial charge in [-0.15, -0.1) is 0 Å². The molecule has 0 aliphatic rings. The Bertz CT molecular complexity index is 802. The number of nitrogens with zero attached hydrogens (tertiary/aromatic N) is 5. The lowest BCUT2D eigenvalue weighted by atomic mass is 10.2. The molecule has 0 fully saturated rings. The van der Waals surface area contributed by atoms with E-state index in [1.54, 1.807) is 10.9 Å². The summed E-state index contributed by atoms with van der Waals surface area (Å²) in [4.78, 5) is 12.8. The SMILES string of the molecule is CC(=Nc1ccccc1C)n1ncc2c(N)ncnc21. The van der Waals surface area contributed by atoms with Gasteiger partial charge < -0.3 is 5.73 Å². The number of aliphatic imine (C=N–C) groups is 1. The third-order valence-electron chi connectivity index (χ3n) is 3.10. The predicted molar refractivity (Wildman–Crippen MR) is 79.1 cm³/mol. The number of para-hydroxylation sites is 1. The van der Waals surface area contributed by atoms with E-state index in [2.05, 4.69) is 20.1 Å². The van der Waals surface area contributed by atoms with Gasteiger partial charge in [0.25, 0.3) is 0 Å². The van der Waals surface area contributed by atoms with Crippen LogP contribution in [0.4, 0.5) is 11.5 Å². The van der Waals surface area contributed by atoms with E-state index in [9.17, 15) is 0 Å². The van der Waals surface area contributed by atoms with E-state index in [1.165, 1.54) is 6.33 Å². The Morgan fingerprint density at radius 3 is 2.85 bits per heavy atom. The highest BCUT2D eigenvalue weighted by atomic mass is 15.3. The molecule has 0 aliphatic carbocycles. The van der Waals surface area contributed by atoms with Crippen molar-refractivity contribution in [3.05, 3.63) is 42.4 Å². The minimum Gasteiger partial charge on any atom is -0.383 e. The molecule has 0 amide bonds. The topological polar surface area (TPSA) is 82.0 Å². The number of rotatable bonds is 1. The van der Waals surface area contributed by atoms with E-state index in [1.807, 2.05) is 38.1 Å². The molecule has 3 aromatic rings. The van der Waals surface area contributed by atoms with Crippen LogP contribution < -0.4 is 5.73 Å². The summed E-state index contributed by atoms with van der Waals surface area (Å²) < 4.78 is 1.67. The van der Waals surface area contributed by atoms with E-state index in [0.717, 1.165) is 22.5 Å². The Kier molecular flexibility index (Phi) is 2.90. The maximum Gasteiger partial charge on any atom is 0.169 e. The Hall–Kier alpha value is -2.76. The van der Waals surface area contributed by atoms with Crippen molar-refractivity contribution in [3.8, 4) is 0 Å². The van der Waals surface area contributed by atoms with Crippen LogP contribution in [0.25, 0.3) is 11.0 Å². The molecule has 1 aromatic carbocycles. The van der Waals surface area contributed by atoms with E-state index < -0.39 is 0 Å². The first-order chi connectivity index (χ1) is 9.66. The van der Waals surface area contributed by atoms with Crippen LogP contribution in [0.2, 0.25) is 0 Å². The molecule has 0 aliphatic heterocycles. The smallest absolute Gasteiger partial charge is 0.169 e. The summed E-state index contributed by atoms with van der Waals surface area (Å²) in [5.41, 5.74) is 8.48. The van der Waals surface area contributed by atoms with Crippen molar-refractivity contribution in [1.82, 2.24) is 19.7 Å². The van der Waals surface area contributed by atoms with Gasteiger partial charge in [-0.25, -0.2) is 19.6 Å². The average molecular weight is 266 g/mol. The number of aromatic nitrogens is 4. The van der Waals surface area contributed by atoms with Gasteiger partial charge in [0.05, 0.1) is 17.3 Å². The maximum atomic E-state index is 5.80. The quantitative estimate of drug-likeness (QED) is 0.541. The van der Waals surface area contributed by atoms with Crippen LogP contribution in [0.3, 0.4) is 0 Å². The van der Waals surface area contributed by atoms with E-state index >= 15 is 0 Å². The Morgan fingerprint density at radius 1 is 1.25 bits per heavy atom. The molecular formula is C14H14N6. The number of nitrogen functional groups attached to an aromatic ring is 1. The Labute approximate surface area is 116 Å². The third kappa shape index (κ3) is 2.01. The minimum absolute atomic E-state index is 0.421. The Balaban J connectivity index is 2.12. The highest BCUT2D eigenvalue weighted by Crippen LogP contribution is 2.19. The van der Waals surface area contributed by atoms with Crippen LogP contribution in [0, 0.1) is 6.92 Å². The molecule has 6 heteroatoms. The van der Waals surface area contributed by atoms with Gasteiger partial charge in [-0.05, 0) is 25.5 Å². The molecule has 2 heterocycles. The molecule has 0 unspecified atom stereocenters. The van der Waals surface area contributed by atoms with Crippen LogP contribution in [-0.4, -0.2) is 25.6 Å². The number of aryl methyl sites for hydroxylation is 1. The highest BCUT2D eigenvalue weighted by molar-refractivity contribution is 5.95. The molecular weight excluding hydrogens is 252 g/mol. The summed E-state index contributed by atoms with van der Waals surface area (Å²) in [5, 5.41) is 5.01. The normalized spacial score (nSPS) is 12.0. The fraction of sp³-hybridized carbons (Fsp3) is 0.143. The molecule has 6 nitrogen and oxygen atoms in total. The lowest BCUT2D eigenvalue weighted by molar-refractivity contribution is 0.939. The van der Waals surface area contributed by atoms with Crippen molar-refractivity contribution in [2.24, 2.45) is 4.99 Å². The van der Waals surface area contributed by atoms with Crippen molar-refractivity contribution < 1.29 is 0 Å². The first-order valence-electron chi connectivity index (χ1n) is 6.22. The molecule has 0 spiro atoms. The highest BCUT2D eigenvalue weighted by Gasteiger charge is 2.09. The lowest BCUT2D eigenvalue weighted by Gasteiger charge is -2.04. The zero-order valence-corrected chi connectivity index (χ0v) is 11.3. The molecule has 3 rings (SSSR count). The number of hydrogen-bond donors (Lipinski definition) is 1. The molecule has 2 aromatic heterocycles. The van der Waals surface area contributed by atoms with Gasteiger partial charge in [0.2, 0.25) is 0 Å². The second-order valence-electron chi connectivity index (χ2n) is 4.50. The average Bonchev–Trinajstić information content (AvgIpc) is 2.87. The number of fused-ring (bicyclic) bond motifs is 1. The van der Waals surface area contributed by atoms with Crippen molar-refractivity contribution in [3.63, 3.8) is 0 Å². The second-order valence-corrected chi connectivity index (χ2v) is 4.50. The van der Waals surface area contributed by atoms with Crippen molar-refractivity contribution >= 4 is 28.4 Å². The predicted octanol–water partition coefficient (Wildman–Crippen LogP) is 2.32. The maximum absolute atomic E-state index is 5.80. The van der Waals surface area contributed by atoms with Crippen LogP contribution in [0.15, 0.2) is 41.8 Å². The van der Waals surface area contributed by atoms with E-state index in [0.29, 0.717) is 11.5 Å². The zero-order chi connectivity index (χ0) is 14.1. The van der Waals surface area contributed by atoms with Crippen LogP contribution in [0.5, 0.6) is 0 Å². The van der Waals surface area contributed by atoms with Gasteiger partial charge in [-0.1, -0.05) is 18.2 Å². The molecule has 0 saturated carbocycles. The molecule has 0 atom stereocenters. The fourth-order valence-corrected chi connectivity index (χ4v) is 2.01. The zero-order valence-electron chi connectivity index (χ0n) is 11.3. The largest absolute Gasteiger partial charge is 0.383 e. The summed E-state index contributed by atoms with van der Waals surface area (Å²) in [5.74, 6) is 1.15. The summed E-state index contributed by atoms with van der Waals surface area (Å²) in [6.07, 6.45) is 3.08. The standard InChI is InChI=1S/C14H14N6/c1-9-5-3-4-6-12(9)19-10(2)20-14-11(7-18-20)13(15)16-8-17-14/h3-8H,1-2H3,(H2,15,16,17). The van der Waals surface area contributed by atoms with Crippen LogP contribution in [-0.2, 0) is 0 Å². The minimum atomic E-state index is 0.421. The number of benzene rings is 1. The number of nitrogens with two attached hydrogens (primary N) is 1. The molecule has 2 N–H and O–H groups in total. The van der Waals surface area contributed by atoms with Crippen LogP contribution in [0.1, 0.15) is 12.5 Å². The lowest BCUT2D eigenvalue weighted by Crippen LogP contribution is -2.09. The van der Waals surface area contributed by atoms with E-state index in [-0.39, 0.29) is 0 Å².